The number of hydrogen-bond donors (Lipinski definition) is 3. The molecule has 8 heteroatoms. The third-order valence-electron chi connectivity index (χ3n) is 3.75. The van der Waals surface area contributed by atoms with Crippen LogP contribution in [0, 0.1) is 0 Å². The highest BCUT2D eigenvalue weighted by molar-refractivity contribution is 7.89. The lowest BCUT2D eigenvalue weighted by Gasteiger charge is -2.08. The van der Waals surface area contributed by atoms with Gasteiger partial charge in [0.05, 0.1) is 4.90 Å². The number of sulfonamides is 1. The van der Waals surface area contributed by atoms with E-state index >= 15 is 0 Å². The molecule has 0 aliphatic carbocycles. The van der Waals surface area contributed by atoms with Crippen LogP contribution in [0.3, 0.4) is 0 Å². The molecule has 0 saturated heterocycles. The van der Waals surface area contributed by atoms with E-state index < -0.39 is 10.0 Å². The van der Waals surface area contributed by atoms with Crippen molar-refractivity contribution in [3.63, 3.8) is 0 Å². The minimum atomic E-state index is -3.54. The van der Waals surface area contributed by atoms with Crippen LogP contribution in [-0.4, -0.2) is 27.3 Å². The van der Waals surface area contributed by atoms with Crippen LogP contribution in [0.25, 0.3) is 0 Å². The summed E-state index contributed by atoms with van der Waals surface area (Å²) < 4.78 is 25.5. The fourth-order valence-corrected chi connectivity index (χ4v) is 3.13. The Morgan fingerprint density at radius 3 is 2.50 bits per heavy atom. The van der Waals surface area contributed by atoms with Gasteiger partial charge in [-0.15, -0.1) is 0 Å². The first kappa shape index (κ1) is 16.2. The van der Waals surface area contributed by atoms with E-state index in [0.29, 0.717) is 23.4 Å². The molecule has 2 aromatic rings. The van der Waals surface area contributed by atoms with Crippen molar-refractivity contribution in [2.24, 2.45) is 0 Å². The third-order valence-corrected chi connectivity index (χ3v) is 5.18. The maximum atomic E-state index is 12.2. The minimum absolute atomic E-state index is 0.0794. The monoisotopic (exact) mass is 345 g/mol. The quantitative estimate of drug-likeness (QED) is 0.771. The Labute approximate surface area is 139 Å². The number of amides is 2. The zero-order valence-corrected chi connectivity index (χ0v) is 13.6. The summed E-state index contributed by atoms with van der Waals surface area (Å²) in [5, 5.41) is 5.41. The third kappa shape index (κ3) is 3.01. The molecule has 0 fully saturated rings. The molecule has 0 unspecified atom stereocenters. The van der Waals surface area contributed by atoms with Gasteiger partial charge in [-0.05, 0) is 49.0 Å². The molecule has 1 aliphatic heterocycles. The van der Waals surface area contributed by atoms with Crippen LogP contribution in [0.4, 0.5) is 5.69 Å². The van der Waals surface area contributed by atoms with Crippen LogP contribution in [0.1, 0.15) is 26.3 Å². The number of carbonyl (C=O) groups is 2. The summed E-state index contributed by atoms with van der Waals surface area (Å²) >= 11 is 0. The molecular formula is C16H15N3O4S. The lowest BCUT2D eigenvalue weighted by molar-refractivity contribution is 0.0964. The molecule has 3 N–H and O–H groups in total. The summed E-state index contributed by atoms with van der Waals surface area (Å²) in [7, 11) is -2.22. The molecule has 7 nitrogen and oxygen atoms in total. The van der Waals surface area contributed by atoms with Gasteiger partial charge < -0.3 is 10.6 Å². The summed E-state index contributed by atoms with van der Waals surface area (Å²) in [5.74, 6) is -0.551. The first-order valence-electron chi connectivity index (χ1n) is 7.17. The predicted octanol–water partition coefficient (Wildman–Crippen LogP) is 1.09. The Morgan fingerprint density at radius 1 is 1.12 bits per heavy atom. The van der Waals surface area contributed by atoms with E-state index in [4.69, 9.17) is 0 Å². The van der Waals surface area contributed by atoms with Crippen molar-refractivity contribution >= 4 is 27.5 Å². The fourth-order valence-electron chi connectivity index (χ4n) is 2.40. The maximum Gasteiger partial charge on any atom is 0.255 e. The molecule has 2 amide bonds. The Kier molecular flexibility index (Phi) is 4.08. The zero-order chi connectivity index (χ0) is 17.3. The summed E-state index contributed by atoms with van der Waals surface area (Å²) in [6.07, 6.45) is 0. The molecule has 0 aromatic heterocycles. The standard InChI is InChI=1S/C16H15N3O4S/c1-17-24(22,23)13-6-3-10(4-7-13)15(20)19-12-5-2-11-9-18-16(21)14(11)8-12/h2-8,17H,9H2,1H3,(H,18,21)(H,19,20). The highest BCUT2D eigenvalue weighted by atomic mass is 32.2. The van der Waals surface area contributed by atoms with Gasteiger partial charge in [-0.3, -0.25) is 9.59 Å². The van der Waals surface area contributed by atoms with Crippen molar-refractivity contribution in [3.05, 3.63) is 59.2 Å². The zero-order valence-electron chi connectivity index (χ0n) is 12.8. The Hall–Kier alpha value is -2.71. The van der Waals surface area contributed by atoms with E-state index in [1.165, 1.54) is 31.3 Å². The van der Waals surface area contributed by atoms with E-state index in [0.717, 1.165) is 5.56 Å². The Balaban J connectivity index is 1.78. The van der Waals surface area contributed by atoms with Gasteiger partial charge in [0.15, 0.2) is 0 Å². The summed E-state index contributed by atoms with van der Waals surface area (Å²) in [6, 6.07) is 10.7. The molecule has 124 valence electrons. The van der Waals surface area contributed by atoms with Gasteiger partial charge in [0, 0.05) is 23.4 Å². The molecule has 0 bridgehead atoms. The lowest BCUT2D eigenvalue weighted by atomic mass is 10.1. The van der Waals surface area contributed by atoms with Gasteiger partial charge in [-0.1, -0.05) is 6.07 Å². The van der Waals surface area contributed by atoms with E-state index in [-0.39, 0.29) is 16.7 Å². The molecule has 0 radical (unpaired) electrons. The van der Waals surface area contributed by atoms with Crippen LogP contribution in [-0.2, 0) is 16.6 Å². The van der Waals surface area contributed by atoms with Crippen molar-refractivity contribution in [1.82, 2.24) is 10.0 Å². The molecule has 3 rings (SSSR count). The summed E-state index contributed by atoms with van der Waals surface area (Å²) in [4.78, 5) is 24.0. The number of rotatable bonds is 4. The summed E-state index contributed by atoms with van der Waals surface area (Å²) in [6.45, 7) is 0.490. The SMILES string of the molecule is CNS(=O)(=O)c1ccc(C(=O)Nc2ccc3c(c2)C(=O)NC3)cc1. The molecule has 1 heterocycles. The first-order valence-corrected chi connectivity index (χ1v) is 8.65. The normalized spacial score (nSPS) is 13.3. The van der Waals surface area contributed by atoms with Gasteiger partial charge in [0.1, 0.15) is 0 Å². The van der Waals surface area contributed by atoms with E-state index in [2.05, 4.69) is 15.4 Å². The lowest BCUT2D eigenvalue weighted by Crippen LogP contribution is -2.19. The van der Waals surface area contributed by atoms with E-state index in [1.54, 1.807) is 18.2 Å². The molecule has 0 saturated carbocycles. The Morgan fingerprint density at radius 2 is 1.83 bits per heavy atom. The average molecular weight is 345 g/mol. The number of benzene rings is 2. The molecule has 0 spiro atoms. The van der Waals surface area contributed by atoms with Crippen molar-refractivity contribution in [2.75, 3.05) is 12.4 Å². The van der Waals surface area contributed by atoms with Crippen molar-refractivity contribution in [3.8, 4) is 0 Å². The van der Waals surface area contributed by atoms with Gasteiger partial charge in [-0.25, -0.2) is 13.1 Å². The van der Waals surface area contributed by atoms with E-state index in [9.17, 15) is 18.0 Å². The fraction of sp³-hybridized carbons (Fsp3) is 0.125. The van der Waals surface area contributed by atoms with Gasteiger partial charge in [0.25, 0.3) is 11.8 Å². The largest absolute Gasteiger partial charge is 0.348 e. The second-order valence-corrected chi connectivity index (χ2v) is 7.13. The smallest absolute Gasteiger partial charge is 0.255 e. The second kappa shape index (κ2) is 6.06. The van der Waals surface area contributed by atoms with Crippen molar-refractivity contribution < 1.29 is 18.0 Å². The van der Waals surface area contributed by atoms with Crippen LogP contribution in [0.15, 0.2) is 47.4 Å². The van der Waals surface area contributed by atoms with Crippen LogP contribution in [0.2, 0.25) is 0 Å². The highest BCUT2D eigenvalue weighted by Crippen LogP contribution is 2.21. The average Bonchev–Trinajstić information content (AvgIpc) is 2.96. The molecule has 1 aliphatic rings. The van der Waals surface area contributed by atoms with Gasteiger partial charge in [-0.2, -0.15) is 0 Å². The topological polar surface area (TPSA) is 104 Å². The molecular weight excluding hydrogens is 330 g/mol. The van der Waals surface area contributed by atoms with Crippen molar-refractivity contribution in [2.45, 2.75) is 11.4 Å². The predicted molar refractivity (Wildman–Crippen MR) is 88.3 cm³/mol. The van der Waals surface area contributed by atoms with Crippen LogP contribution >= 0.6 is 0 Å². The Bertz CT molecular complexity index is 921. The van der Waals surface area contributed by atoms with Crippen LogP contribution < -0.4 is 15.4 Å². The van der Waals surface area contributed by atoms with Gasteiger partial charge in [0.2, 0.25) is 10.0 Å². The van der Waals surface area contributed by atoms with E-state index in [1.807, 2.05) is 0 Å². The minimum Gasteiger partial charge on any atom is -0.348 e. The number of nitrogens with one attached hydrogen (secondary N) is 3. The number of hydrogen-bond acceptors (Lipinski definition) is 4. The van der Waals surface area contributed by atoms with Gasteiger partial charge >= 0.3 is 0 Å². The van der Waals surface area contributed by atoms with Crippen LogP contribution in [0.5, 0.6) is 0 Å². The summed E-state index contributed by atoms with van der Waals surface area (Å²) in [5.41, 5.74) is 2.25. The number of fused-ring (bicyclic) bond motifs is 1. The number of anilines is 1. The highest BCUT2D eigenvalue weighted by Gasteiger charge is 2.19. The first-order chi connectivity index (χ1) is 11.4. The van der Waals surface area contributed by atoms with Crippen molar-refractivity contribution in [1.29, 1.82) is 0 Å². The molecule has 24 heavy (non-hydrogen) atoms. The molecule has 0 atom stereocenters. The second-order valence-electron chi connectivity index (χ2n) is 5.24. The number of carbonyl (C=O) groups excluding carboxylic acids is 2. The maximum absolute atomic E-state index is 12.2. The molecule has 2 aromatic carbocycles.